The number of esters is 1. The highest BCUT2D eigenvalue weighted by atomic mass is 32.2. The van der Waals surface area contributed by atoms with Crippen LogP contribution in [0.1, 0.15) is 17.3 Å². The van der Waals surface area contributed by atoms with Crippen LogP contribution >= 0.6 is 11.3 Å². The van der Waals surface area contributed by atoms with Crippen LogP contribution in [0.5, 0.6) is 0 Å². The summed E-state index contributed by atoms with van der Waals surface area (Å²) in [6, 6.07) is 7.01. The third-order valence-electron chi connectivity index (χ3n) is 3.99. The minimum absolute atomic E-state index is 0.00952. The molecule has 30 heavy (non-hydrogen) atoms. The third-order valence-corrected chi connectivity index (χ3v) is 6.13. The second kappa shape index (κ2) is 8.44. The van der Waals surface area contributed by atoms with Gasteiger partial charge >= 0.3 is 5.97 Å². The van der Waals surface area contributed by atoms with E-state index in [0.717, 1.165) is 28.2 Å². The molecule has 2 aromatic carbocycles. The van der Waals surface area contributed by atoms with Crippen LogP contribution in [0.15, 0.2) is 46.3 Å². The highest BCUT2D eigenvalue weighted by Crippen LogP contribution is 2.22. The molecule has 0 aliphatic carbocycles. The molecule has 11 heteroatoms. The van der Waals surface area contributed by atoms with Crippen LogP contribution in [0, 0.1) is 11.6 Å². The van der Waals surface area contributed by atoms with Crippen molar-refractivity contribution < 1.29 is 31.5 Å². The lowest BCUT2D eigenvalue weighted by atomic mass is 10.2. The fourth-order valence-electron chi connectivity index (χ4n) is 2.71. The van der Waals surface area contributed by atoms with Gasteiger partial charge in [-0.15, -0.1) is 0 Å². The Morgan fingerprint density at radius 1 is 1.20 bits per heavy atom. The zero-order valence-electron chi connectivity index (χ0n) is 15.9. The molecule has 0 unspecified atom stereocenters. The molecule has 7 nitrogen and oxygen atoms in total. The molecule has 0 saturated carbocycles. The molecule has 0 fully saturated rings. The number of hydrogen-bond acceptors (Lipinski definition) is 6. The Bertz CT molecular complexity index is 1330. The quantitative estimate of drug-likeness (QED) is 0.553. The Balaban J connectivity index is 2.17. The van der Waals surface area contributed by atoms with Crippen molar-refractivity contribution in [2.45, 2.75) is 18.4 Å². The van der Waals surface area contributed by atoms with Gasteiger partial charge in [0.15, 0.2) is 20.5 Å². The van der Waals surface area contributed by atoms with Gasteiger partial charge in [0.25, 0.3) is 5.91 Å². The summed E-state index contributed by atoms with van der Waals surface area (Å²) in [5.74, 6) is -3.22. The summed E-state index contributed by atoms with van der Waals surface area (Å²) in [6.07, 6.45) is 1.00. The number of hydrogen-bond donors (Lipinski definition) is 0. The maximum Gasteiger partial charge on any atom is 0.326 e. The highest BCUT2D eigenvalue weighted by Gasteiger charge is 2.18. The van der Waals surface area contributed by atoms with Gasteiger partial charge in [0.1, 0.15) is 12.4 Å². The summed E-state index contributed by atoms with van der Waals surface area (Å²) in [5, 5.41) is 0. The first kappa shape index (κ1) is 21.8. The summed E-state index contributed by atoms with van der Waals surface area (Å²) < 4.78 is 57.6. The van der Waals surface area contributed by atoms with E-state index in [9.17, 15) is 26.8 Å². The zero-order chi connectivity index (χ0) is 22.1. The molecule has 0 saturated heterocycles. The maximum absolute atomic E-state index is 14.4. The van der Waals surface area contributed by atoms with Gasteiger partial charge in [0, 0.05) is 17.9 Å². The molecule has 0 radical (unpaired) electrons. The fraction of sp³-hybridized carbons (Fsp3) is 0.211. The molecule has 158 valence electrons. The van der Waals surface area contributed by atoms with Crippen LogP contribution in [-0.4, -0.2) is 37.7 Å². The number of ether oxygens (including phenoxy) is 1. The molecule has 3 aromatic rings. The number of thiazole rings is 1. The molecule has 0 aliphatic heterocycles. The van der Waals surface area contributed by atoms with E-state index in [4.69, 9.17) is 4.74 Å². The molecular formula is C19H16F2N2O5S2. The Morgan fingerprint density at radius 3 is 2.60 bits per heavy atom. The molecule has 1 aromatic heterocycles. The summed E-state index contributed by atoms with van der Waals surface area (Å²) in [7, 11) is -3.54. The zero-order valence-corrected chi connectivity index (χ0v) is 17.5. The molecule has 0 bridgehead atoms. The number of sulfone groups is 1. The van der Waals surface area contributed by atoms with Crippen molar-refractivity contribution in [2.24, 2.45) is 4.99 Å². The van der Waals surface area contributed by atoms with E-state index < -0.39 is 39.9 Å². The standard InChI is InChI=1S/C19H16F2N2O5S2/c1-3-28-16(24)10-23-17-14(21)8-12(20)9-15(17)29-19(23)22-18(25)11-5-4-6-13(7-11)30(2,26)27/h4-9H,3,10H2,1-2H3. The van der Waals surface area contributed by atoms with Gasteiger partial charge in [-0.25, -0.2) is 17.2 Å². The maximum atomic E-state index is 14.4. The van der Waals surface area contributed by atoms with Crippen LogP contribution in [0.25, 0.3) is 10.2 Å². The van der Waals surface area contributed by atoms with Crippen molar-refractivity contribution in [2.75, 3.05) is 12.9 Å². The Labute approximate surface area is 174 Å². The van der Waals surface area contributed by atoms with Crippen molar-refractivity contribution in [1.29, 1.82) is 0 Å². The number of fused-ring (bicyclic) bond motifs is 1. The van der Waals surface area contributed by atoms with Crippen molar-refractivity contribution in [3.05, 3.63) is 58.4 Å². The normalized spacial score (nSPS) is 12.3. The van der Waals surface area contributed by atoms with E-state index >= 15 is 0 Å². The Morgan fingerprint density at radius 2 is 1.93 bits per heavy atom. The summed E-state index contributed by atoms with van der Waals surface area (Å²) >= 11 is 0.814. The monoisotopic (exact) mass is 454 g/mol. The first-order chi connectivity index (χ1) is 14.1. The van der Waals surface area contributed by atoms with Crippen molar-refractivity contribution in [1.82, 2.24) is 4.57 Å². The third kappa shape index (κ3) is 4.62. The number of nitrogens with zero attached hydrogens (tertiary/aromatic N) is 2. The second-order valence-electron chi connectivity index (χ2n) is 6.23. The molecule has 3 rings (SSSR count). The number of rotatable bonds is 5. The predicted octanol–water partition coefficient (Wildman–Crippen LogP) is 2.69. The Hall–Kier alpha value is -2.92. The number of carbonyl (C=O) groups excluding carboxylic acids is 2. The van der Waals surface area contributed by atoms with E-state index in [2.05, 4.69) is 4.99 Å². The van der Waals surface area contributed by atoms with Crippen LogP contribution in [0.4, 0.5) is 8.78 Å². The van der Waals surface area contributed by atoms with E-state index in [1.807, 2.05) is 0 Å². The van der Waals surface area contributed by atoms with E-state index in [0.29, 0.717) is 6.07 Å². The van der Waals surface area contributed by atoms with Crippen LogP contribution in [-0.2, 0) is 25.9 Å². The number of benzene rings is 2. The van der Waals surface area contributed by atoms with Gasteiger partial charge in [-0.05, 0) is 31.2 Å². The SMILES string of the molecule is CCOC(=O)Cn1c(=NC(=O)c2cccc(S(C)(=O)=O)c2)sc2cc(F)cc(F)c21. The first-order valence-electron chi connectivity index (χ1n) is 8.63. The van der Waals surface area contributed by atoms with Gasteiger partial charge in [-0.2, -0.15) is 4.99 Å². The fourth-order valence-corrected chi connectivity index (χ4v) is 4.44. The predicted molar refractivity (Wildman–Crippen MR) is 106 cm³/mol. The average Bonchev–Trinajstić information content (AvgIpc) is 2.98. The molecule has 0 N–H and O–H groups in total. The summed E-state index contributed by atoms with van der Waals surface area (Å²) in [5.41, 5.74) is -0.101. The summed E-state index contributed by atoms with van der Waals surface area (Å²) in [6.45, 7) is 1.27. The van der Waals surface area contributed by atoms with Crippen LogP contribution in [0.2, 0.25) is 0 Å². The lowest BCUT2D eigenvalue weighted by molar-refractivity contribution is -0.143. The van der Waals surface area contributed by atoms with E-state index in [1.54, 1.807) is 6.92 Å². The van der Waals surface area contributed by atoms with Gasteiger partial charge < -0.3 is 9.30 Å². The molecule has 1 amide bonds. The van der Waals surface area contributed by atoms with Gasteiger partial charge in [-0.1, -0.05) is 17.4 Å². The lowest BCUT2D eigenvalue weighted by Crippen LogP contribution is -2.23. The Kier molecular flexibility index (Phi) is 6.13. The smallest absolute Gasteiger partial charge is 0.326 e. The van der Waals surface area contributed by atoms with Gasteiger partial charge in [-0.3, -0.25) is 9.59 Å². The number of carbonyl (C=O) groups is 2. The first-order valence-corrected chi connectivity index (χ1v) is 11.3. The molecule has 0 spiro atoms. The van der Waals surface area contributed by atoms with Crippen molar-refractivity contribution in [3.8, 4) is 0 Å². The average molecular weight is 454 g/mol. The largest absolute Gasteiger partial charge is 0.465 e. The number of halogens is 2. The van der Waals surface area contributed by atoms with Gasteiger partial charge in [0.2, 0.25) is 0 Å². The highest BCUT2D eigenvalue weighted by molar-refractivity contribution is 7.90. The van der Waals surface area contributed by atoms with Crippen molar-refractivity contribution >= 4 is 43.3 Å². The minimum atomic E-state index is -3.54. The molecule has 0 atom stereocenters. The lowest BCUT2D eigenvalue weighted by Gasteiger charge is -2.06. The summed E-state index contributed by atoms with van der Waals surface area (Å²) in [4.78, 5) is 28.4. The van der Waals surface area contributed by atoms with Crippen LogP contribution in [0.3, 0.4) is 0 Å². The number of amides is 1. The van der Waals surface area contributed by atoms with Gasteiger partial charge in [0.05, 0.1) is 21.7 Å². The molecule has 0 aliphatic rings. The van der Waals surface area contributed by atoms with Crippen molar-refractivity contribution in [3.63, 3.8) is 0 Å². The molecular weight excluding hydrogens is 438 g/mol. The minimum Gasteiger partial charge on any atom is -0.465 e. The van der Waals surface area contributed by atoms with E-state index in [-0.39, 0.29) is 32.1 Å². The van der Waals surface area contributed by atoms with E-state index in [1.165, 1.54) is 24.3 Å². The topological polar surface area (TPSA) is 94.8 Å². The molecule has 1 heterocycles. The van der Waals surface area contributed by atoms with Crippen LogP contribution < -0.4 is 4.80 Å². The number of aromatic nitrogens is 1. The second-order valence-corrected chi connectivity index (χ2v) is 9.25.